The molecule has 107 heavy (non-hydrogen) atoms. The predicted molar refractivity (Wildman–Crippen MR) is 402 cm³/mol. The third kappa shape index (κ3) is 32.8. The predicted octanol–water partition coefficient (Wildman–Crippen LogP) is 14.8. The van der Waals surface area contributed by atoms with Gasteiger partial charge in [-0.15, -0.1) is 0 Å². The third-order valence-electron chi connectivity index (χ3n) is 12.7. The molecule has 0 fully saturated rings. The molecule has 0 aromatic heterocycles. The number of aliphatic hydroxyl groups is 1. The van der Waals surface area contributed by atoms with Gasteiger partial charge in [0.1, 0.15) is 11.4 Å². The van der Waals surface area contributed by atoms with Gasteiger partial charge in [-0.2, -0.15) is 0 Å². The molecule has 0 saturated heterocycles. The first-order valence-electron chi connectivity index (χ1n) is 30.9. The van der Waals surface area contributed by atoms with E-state index >= 15 is 0 Å². The average molecular weight is 1690 g/mol. The molecule has 0 spiro atoms. The van der Waals surface area contributed by atoms with Gasteiger partial charge in [-0.05, 0) is 138 Å². The third-order valence-corrected chi connectivity index (χ3v) is 21.3. The molecule has 590 valence electrons. The van der Waals surface area contributed by atoms with E-state index in [2.05, 4.69) is 14.2 Å². The van der Waals surface area contributed by atoms with Crippen LogP contribution in [0.4, 0.5) is 70.5 Å². The van der Waals surface area contributed by atoms with Gasteiger partial charge in [0.05, 0.1) is 113 Å². The Morgan fingerprint density at radius 2 is 0.682 bits per heavy atom. The van der Waals surface area contributed by atoms with Crippen molar-refractivity contribution >= 4 is 166 Å². The standard InChI is InChI=1S/C11H13ClFNO3S.C11H14FNO3S.C10H11ClFNO4S.C10H12FNO4S.C10H14FNO3S.C8H7ClFNO.C6H5ClFN/c1-3-6-18(16,17)14-9-5-4-8(12)10(7(2)15)11(9)13;1-3-7-17(15,16)13-10-6-4-5-9(8(2)14)11(10)12;1-2-5-18(16,17)13-7-4-3-6(11)8(9(7)12)10(14)15;1-2-6-17(15,16)12-8-5-3-4-7(9(8)11)10(13)14;1-2-6-16(14,15)12-9-5-3-4-8(7-13)10(9)11;1-4(12)7-5(9)2-3-6(11)8(7)10;7-4-1-2-6(9)5(8)3-4/h4-5,14H,3,6H2,1-2H3;4-6,13H,3,7H2,1-2H3;3-4,13H,2,5H2,1H3,(H,14,15);3-5,12H,2,6H2,1H3,(H,13,14);3-5,12-13H,2,6-7H2,1H3;2-3H,11H2,1H3;1-3H,9H2. The number of aromatic carboxylic acids is 2. The van der Waals surface area contributed by atoms with Gasteiger partial charge in [0.2, 0.25) is 50.1 Å². The fourth-order valence-corrected chi connectivity index (χ4v) is 14.7. The van der Waals surface area contributed by atoms with Crippen LogP contribution < -0.4 is 35.1 Å². The Morgan fingerprint density at radius 3 is 1.00 bits per heavy atom. The maximum absolute atomic E-state index is 13.9. The van der Waals surface area contributed by atoms with Crippen molar-refractivity contribution in [1.82, 2.24) is 0 Å². The number of carboxylic acid groups (broad SMARTS) is 2. The molecule has 0 amide bonds. The number of hydrogen-bond acceptors (Lipinski definition) is 18. The van der Waals surface area contributed by atoms with Crippen LogP contribution in [0.2, 0.25) is 20.1 Å². The van der Waals surface area contributed by atoms with Gasteiger partial charge in [0.15, 0.2) is 52.3 Å². The van der Waals surface area contributed by atoms with Gasteiger partial charge in [-0.1, -0.05) is 105 Å². The Labute approximate surface area is 634 Å². The molecular formula is C66H76Cl4F7N7O18S5. The number of ketones is 3. The van der Waals surface area contributed by atoms with E-state index in [1.807, 2.05) is 9.44 Å². The van der Waals surface area contributed by atoms with E-state index < -0.39 is 144 Å². The molecule has 7 rings (SSSR count). The second-order valence-corrected chi connectivity index (χ2v) is 32.6. The number of halogens is 11. The molecule has 7 aromatic carbocycles. The molecule has 0 atom stereocenters. The lowest BCUT2D eigenvalue weighted by atomic mass is 10.1. The smallest absolute Gasteiger partial charge is 0.340 e. The number of benzene rings is 7. The minimum absolute atomic E-state index is 0.0431. The van der Waals surface area contributed by atoms with Crippen molar-refractivity contribution in [1.29, 1.82) is 0 Å². The quantitative estimate of drug-likeness (QED) is 0.0137. The number of Topliss-reactive ketones (excluding diaryl/α,β-unsaturated/α-hetero) is 3. The molecule has 0 aliphatic rings. The zero-order valence-electron chi connectivity index (χ0n) is 58.0. The summed E-state index contributed by atoms with van der Waals surface area (Å²) in [5, 5.41) is 26.4. The summed E-state index contributed by atoms with van der Waals surface area (Å²) in [5.41, 5.74) is 7.27. The van der Waals surface area contributed by atoms with E-state index in [1.54, 1.807) is 40.7 Å². The number of aliphatic hydroxyl groups excluding tert-OH is 1. The molecule has 0 aliphatic carbocycles. The monoisotopic (exact) mass is 1690 g/mol. The van der Waals surface area contributed by atoms with E-state index in [-0.39, 0.29) is 100 Å². The van der Waals surface area contributed by atoms with Crippen molar-refractivity contribution in [3.63, 3.8) is 0 Å². The highest BCUT2D eigenvalue weighted by Crippen LogP contribution is 2.30. The number of carboxylic acids is 2. The normalized spacial score (nSPS) is 11.0. The fourth-order valence-electron chi connectivity index (χ4n) is 8.05. The van der Waals surface area contributed by atoms with E-state index in [4.69, 9.17) is 73.2 Å². The Balaban J connectivity index is 0.000000629. The first kappa shape index (κ1) is 96.5. The summed E-state index contributed by atoms with van der Waals surface area (Å²) in [4.78, 5) is 54.6. The van der Waals surface area contributed by atoms with Crippen molar-refractivity contribution in [3.05, 3.63) is 203 Å². The Hall–Kier alpha value is -8.53. The van der Waals surface area contributed by atoms with E-state index in [9.17, 15) is 96.8 Å². The van der Waals surface area contributed by atoms with Crippen molar-refractivity contribution < 1.29 is 112 Å². The summed E-state index contributed by atoms with van der Waals surface area (Å²) < 4.78 is 219. The highest BCUT2D eigenvalue weighted by atomic mass is 35.5. The van der Waals surface area contributed by atoms with Crippen molar-refractivity contribution in [3.8, 4) is 0 Å². The first-order valence-corrected chi connectivity index (χ1v) is 40.7. The van der Waals surface area contributed by atoms with Crippen LogP contribution in [0, 0.1) is 40.7 Å². The number of nitrogen functional groups attached to an aromatic ring is 2. The molecule has 0 aliphatic heterocycles. The van der Waals surface area contributed by atoms with Crippen LogP contribution >= 0.6 is 46.4 Å². The lowest BCUT2D eigenvalue weighted by Crippen LogP contribution is -2.18. The molecule has 0 heterocycles. The van der Waals surface area contributed by atoms with Gasteiger partial charge in [-0.25, -0.2) is 82.4 Å². The minimum Gasteiger partial charge on any atom is -0.478 e. The second-order valence-electron chi connectivity index (χ2n) is 21.7. The van der Waals surface area contributed by atoms with Crippen molar-refractivity contribution in [2.45, 2.75) is 94.1 Å². The average Bonchev–Trinajstić information content (AvgIpc) is 0.820. The SMILES string of the molecule is CC(=O)c1c(Cl)ccc(N)c1F.CCCS(=O)(=O)Nc1ccc(Cl)c(C(=O)O)c1F.CCCS(=O)(=O)Nc1ccc(Cl)c(C(C)=O)c1F.CCCS(=O)(=O)Nc1cccc(C(=O)O)c1F.CCCS(=O)(=O)Nc1cccc(C(C)=O)c1F.CCCS(=O)(=O)Nc1cccc(CO)c1F.Nc1ccc(Cl)cc1F. The van der Waals surface area contributed by atoms with Crippen LogP contribution in [0.5, 0.6) is 0 Å². The number of nitrogens with two attached hydrogens (primary N) is 2. The summed E-state index contributed by atoms with van der Waals surface area (Å²) in [5.74, 6) is -11.0. The van der Waals surface area contributed by atoms with Crippen molar-refractivity contribution in [2.75, 3.05) is 63.8 Å². The summed E-state index contributed by atoms with van der Waals surface area (Å²) in [7, 11) is -18.0. The van der Waals surface area contributed by atoms with E-state index in [0.717, 1.165) is 25.1 Å². The number of sulfonamides is 5. The number of carbonyl (C=O) groups is 5. The minimum atomic E-state index is -3.69. The molecular weight excluding hydrogens is 1610 g/mol. The maximum atomic E-state index is 13.9. The molecule has 0 radical (unpaired) electrons. The molecule has 0 saturated carbocycles. The highest BCUT2D eigenvalue weighted by Gasteiger charge is 2.24. The van der Waals surface area contributed by atoms with E-state index in [0.29, 0.717) is 37.1 Å². The Kier molecular flexibility index (Phi) is 40.3. The lowest BCUT2D eigenvalue weighted by molar-refractivity contribution is 0.0681. The number of anilines is 7. The zero-order chi connectivity index (χ0) is 82.3. The molecule has 25 nitrogen and oxygen atoms in total. The van der Waals surface area contributed by atoms with Crippen LogP contribution in [0.15, 0.2) is 109 Å². The summed E-state index contributed by atoms with van der Waals surface area (Å²) in [6.45, 7) is 11.6. The molecule has 0 bridgehead atoms. The maximum Gasteiger partial charge on any atom is 0.340 e. The summed E-state index contributed by atoms with van der Waals surface area (Å²) in [6, 6.07) is 23.3. The van der Waals surface area contributed by atoms with Gasteiger partial charge in [0.25, 0.3) is 0 Å². The zero-order valence-corrected chi connectivity index (χ0v) is 65.1. The summed E-state index contributed by atoms with van der Waals surface area (Å²) in [6.07, 6.45) is 2.04. The highest BCUT2D eigenvalue weighted by molar-refractivity contribution is 7.93. The number of nitrogens with one attached hydrogen (secondary N) is 5. The molecule has 41 heteroatoms. The van der Waals surface area contributed by atoms with Gasteiger partial charge in [0, 0.05) is 10.6 Å². The van der Waals surface area contributed by atoms with Crippen LogP contribution in [-0.2, 0) is 56.7 Å². The second kappa shape index (κ2) is 44.7. The van der Waals surface area contributed by atoms with Crippen LogP contribution in [-0.4, -0.2) is 115 Å². The largest absolute Gasteiger partial charge is 0.478 e. The topological polar surface area (TPSA) is 429 Å². The van der Waals surface area contributed by atoms with Gasteiger partial charge >= 0.3 is 11.9 Å². The molecule has 0 unspecified atom stereocenters. The first-order chi connectivity index (χ1) is 49.5. The van der Waals surface area contributed by atoms with E-state index in [1.165, 1.54) is 98.8 Å². The van der Waals surface area contributed by atoms with Gasteiger partial charge in [-0.3, -0.25) is 38.0 Å². The molecule has 7 aromatic rings. The number of rotatable bonds is 26. The van der Waals surface area contributed by atoms with Crippen LogP contribution in [0.1, 0.15) is 145 Å². The summed E-state index contributed by atoms with van der Waals surface area (Å²) >= 11 is 22.2. The fraction of sp³-hybridized carbons (Fsp3) is 0.288. The van der Waals surface area contributed by atoms with Crippen molar-refractivity contribution in [2.24, 2.45) is 0 Å². The number of hydrogen-bond donors (Lipinski definition) is 10. The Morgan fingerprint density at radius 1 is 0.374 bits per heavy atom. The lowest BCUT2D eigenvalue weighted by Gasteiger charge is -2.10. The van der Waals surface area contributed by atoms with Gasteiger partial charge < -0.3 is 26.8 Å². The Bertz CT molecular complexity index is 4710. The number of carbonyl (C=O) groups excluding carboxylic acids is 3. The van der Waals surface area contributed by atoms with Crippen LogP contribution in [0.25, 0.3) is 0 Å². The molecule has 12 N–H and O–H groups in total. The van der Waals surface area contributed by atoms with Crippen LogP contribution in [0.3, 0.4) is 0 Å².